The lowest BCUT2D eigenvalue weighted by atomic mass is 9.86. The fraction of sp³-hybridized carbons (Fsp3) is 0.737. The Kier molecular flexibility index (Phi) is 7.50. The predicted molar refractivity (Wildman–Crippen MR) is 107 cm³/mol. The smallest absolute Gasteiger partial charge is 0.279 e. The second-order valence-corrected chi connectivity index (χ2v) is 9.69. The lowest BCUT2D eigenvalue weighted by molar-refractivity contribution is 0.0915. The van der Waals surface area contributed by atoms with Gasteiger partial charge >= 0.3 is 0 Å². The number of nitrogens with one attached hydrogen (secondary N) is 3. The third-order valence-electron chi connectivity index (χ3n) is 5.83. The summed E-state index contributed by atoms with van der Waals surface area (Å²) in [4.78, 5) is 15.1. The molecule has 1 amide bonds. The molecule has 2 atom stereocenters. The van der Waals surface area contributed by atoms with E-state index < -0.39 is 10.2 Å². The van der Waals surface area contributed by atoms with E-state index in [-0.39, 0.29) is 17.9 Å². The minimum Gasteiger partial charge on any atom is -0.384 e. The second-order valence-electron chi connectivity index (χ2n) is 7.94. The van der Waals surface area contributed by atoms with E-state index in [1.54, 1.807) is 29.7 Å². The van der Waals surface area contributed by atoms with Gasteiger partial charge in [0, 0.05) is 45.6 Å². The Labute approximate surface area is 167 Å². The Morgan fingerprint density at radius 3 is 2.71 bits per heavy atom. The lowest BCUT2D eigenvalue weighted by Crippen LogP contribution is -2.47. The van der Waals surface area contributed by atoms with Crippen LogP contribution in [0.2, 0.25) is 0 Å². The van der Waals surface area contributed by atoms with E-state index in [0.29, 0.717) is 37.9 Å². The molecule has 0 spiro atoms. The van der Waals surface area contributed by atoms with Crippen molar-refractivity contribution in [2.75, 3.05) is 33.4 Å². The van der Waals surface area contributed by atoms with E-state index in [2.05, 4.69) is 15.0 Å². The average molecular weight is 413 g/mol. The molecule has 1 aliphatic heterocycles. The molecule has 1 saturated heterocycles. The van der Waals surface area contributed by atoms with E-state index in [1.807, 2.05) is 0 Å². The molecule has 8 nitrogen and oxygen atoms in total. The van der Waals surface area contributed by atoms with Crippen molar-refractivity contribution in [3.05, 3.63) is 24.0 Å². The number of aromatic amines is 1. The quantitative estimate of drug-likeness (QED) is 0.602. The minimum atomic E-state index is -3.45. The van der Waals surface area contributed by atoms with Crippen LogP contribution in [0.25, 0.3) is 0 Å². The molecule has 1 aliphatic carbocycles. The number of hydrogen-bond acceptors (Lipinski definition) is 4. The maximum Gasteiger partial charge on any atom is 0.279 e. The van der Waals surface area contributed by atoms with Crippen molar-refractivity contribution in [3.8, 4) is 0 Å². The number of rotatable bonds is 8. The molecule has 0 bridgehead atoms. The molecule has 1 aromatic heterocycles. The molecular weight excluding hydrogens is 380 g/mol. The van der Waals surface area contributed by atoms with Crippen molar-refractivity contribution in [3.63, 3.8) is 0 Å². The maximum atomic E-state index is 12.6. The summed E-state index contributed by atoms with van der Waals surface area (Å²) in [6.07, 6.45) is 7.10. The van der Waals surface area contributed by atoms with Gasteiger partial charge in [0.05, 0.1) is 0 Å². The normalized spacial score (nSPS) is 24.9. The highest BCUT2D eigenvalue weighted by molar-refractivity contribution is 7.87. The molecule has 3 N–H and O–H groups in total. The Bertz CT molecular complexity index is 714. The fourth-order valence-corrected chi connectivity index (χ4v) is 5.53. The predicted octanol–water partition coefficient (Wildman–Crippen LogP) is 1.50. The third kappa shape index (κ3) is 5.79. The van der Waals surface area contributed by atoms with Crippen molar-refractivity contribution in [2.45, 2.75) is 44.6 Å². The molecular formula is C19H32N4O4S. The van der Waals surface area contributed by atoms with Gasteiger partial charge in [0.15, 0.2) is 0 Å². The molecule has 2 aliphatic rings. The van der Waals surface area contributed by atoms with Crippen LogP contribution >= 0.6 is 0 Å². The van der Waals surface area contributed by atoms with Gasteiger partial charge in [-0.05, 0) is 56.1 Å². The van der Waals surface area contributed by atoms with Crippen LogP contribution in [0.5, 0.6) is 0 Å². The van der Waals surface area contributed by atoms with E-state index in [1.165, 1.54) is 0 Å². The first-order valence-electron chi connectivity index (χ1n) is 10.2. The first kappa shape index (κ1) is 21.3. The first-order valence-corrected chi connectivity index (χ1v) is 11.6. The van der Waals surface area contributed by atoms with Gasteiger partial charge < -0.3 is 15.0 Å². The highest BCUT2D eigenvalue weighted by atomic mass is 32.2. The molecule has 1 aromatic rings. The Morgan fingerprint density at radius 1 is 1.25 bits per heavy atom. The maximum absolute atomic E-state index is 12.6. The SMILES string of the molecule is COCC1CCN(S(=O)(=O)NC[C@@H]2CCC[C@H](NC(=O)c3ccc[nH]3)C2)CC1. The van der Waals surface area contributed by atoms with Crippen LogP contribution < -0.4 is 10.0 Å². The van der Waals surface area contributed by atoms with Gasteiger partial charge in [-0.2, -0.15) is 12.7 Å². The van der Waals surface area contributed by atoms with Gasteiger partial charge in [0.2, 0.25) is 0 Å². The van der Waals surface area contributed by atoms with Crippen LogP contribution in [0.4, 0.5) is 0 Å². The molecule has 2 heterocycles. The minimum absolute atomic E-state index is 0.0869. The van der Waals surface area contributed by atoms with Gasteiger partial charge in [-0.25, -0.2) is 4.72 Å². The summed E-state index contributed by atoms with van der Waals surface area (Å²) < 4.78 is 34.8. The summed E-state index contributed by atoms with van der Waals surface area (Å²) >= 11 is 0. The number of methoxy groups -OCH3 is 1. The zero-order valence-corrected chi connectivity index (χ0v) is 17.3. The standard InChI is InChI=1S/C19H32N4O4S/c1-27-14-15-7-10-23(11-8-15)28(25,26)21-13-16-4-2-5-17(12-16)22-19(24)18-6-3-9-20-18/h3,6,9,15-17,20-21H,2,4-5,7-8,10-14H2,1H3,(H,22,24)/t16-,17+/m1/s1. The number of hydrogen-bond donors (Lipinski definition) is 3. The molecule has 2 fully saturated rings. The number of piperidine rings is 1. The summed E-state index contributed by atoms with van der Waals surface area (Å²) in [6.45, 7) is 2.21. The largest absolute Gasteiger partial charge is 0.384 e. The zero-order valence-electron chi connectivity index (χ0n) is 16.5. The van der Waals surface area contributed by atoms with E-state index in [9.17, 15) is 13.2 Å². The highest BCUT2D eigenvalue weighted by Gasteiger charge is 2.30. The van der Waals surface area contributed by atoms with Gasteiger partial charge in [0.1, 0.15) is 5.69 Å². The summed E-state index contributed by atoms with van der Waals surface area (Å²) in [5.74, 6) is 0.581. The molecule has 3 rings (SSSR count). The number of carbonyl (C=O) groups is 1. The molecule has 0 radical (unpaired) electrons. The van der Waals surface area contributed by atoms with Crippen LogP contribution in [-0.2, 0) is 14.9 Å². The van der Waals surface area contributed by atoms with Crippen LogP contribution in [0.15, 0.2) is 18.3 Å². The van der Waals surface area contributed by atoms with Gasteiger partial charge in [-0.3, -0.25) is 4.79 Å². The number of H-pyrrole nitrogens is 1. The lowest BCUT2D eigenvalue weighted by Gasteiger charge is -2.33. The van der Waals surface area contributed by atoms with Crippen molar-refractivity contribution >= 4 is 16.1 Å². The second kappa shape index (κ2) is 9.87. The number of carbonyl (C=O) groups excluding carboxylic acids is 1. The van der Waals surface area contributed by atoms with Gasteiger partial charge in [-0.1, -0.05) is 6.42 Å². The average Bonchev–Trinajstić information content (AvgIpc) is 3.23. The van der Waals surface area contributed by atoms with E-state index >= 15 is 0 Å². The topological polar surface area (TPSA) is 104 Å². The third-order valence-corrected chi connectivity index (χ3v) is 7.41. The van der Waals surface area contributed by atoms with Crippen molar-refractivity contribution in [1.82, 2.24) is 19.3 Å². The van der Waals surface area contributed by atoms with Crippen LogP contribution in [0.1, 0.15) is 49.0 Å². The Morgan fingerprint density at radius 2 is 2.04 bits per heavy atom. The molecule has 28 heavy (non-hydrogen) atoms. The van der Waals surface area contributed by atoms with E-state index in [0.717, 1.165) is 38.5 Å². The monoisotopic (exact) mass is 412 g/mol. The van der Waals surface area contributed by atoms with Gasteiger partial charge in [-0.15, -0.1) is 0 Å². The summed E-state index contributed by atoms with van der Waals surface area (Å²) in [5, 5.41) is 3.06. The fourth-order valence-electron chi connectivity index (χ4n) is 4.21. The Hall–Kier alpha value is -1.42. The number of aromatic nitrogens is 1. The highest BCUT2D eigenvalue weighted by Crippen LogP contribution is 2.25. The summed E-state index contributed by atoms with van der Waals surface area (Å²) in [7, 11) is -1.76. The van der Waals surface area contributed by atoms with Crippen LogP contribution in [0.3, 0.4) is 0 Å². The van der Waals surface area contributed by atoms with E-state index in [4.69, 9.17) is 4.74 Å². The van der Waals surface area contributed by atoms with Gasteiger partial charge in [0.25, 0.3) is 16.1 Å². The summed E-state index contributed by atoms with van der Waals surface area (Å²) in [5.41, 5.74) is 0.555. The van der Waals surface area contributed by atoms with Crippen LogP contribution in [-0.4, -0.2) is 63.0 Å². The van der Waals surface area contributed by atoms with Crippen LogP contribution in [0, 0.1) is 11.8 Å². The molecule has 0 unspecified atom stereocenters. The number of nitrogens with zero attached hydrogens (tertiary/aromatic N) is 1. The summed E-state index contributed by atoms with van der Waals surface area (Å²) in [6, 6.07) is 3.63. The number of amides is 1. The van der Waals surface area contributed by atoms with Crippen molar-refractivity contribution < 1.29 is 17.9 Å². The molecule has 0 aromatic carbocycles. The molecule has 9 heteroatoms. The zero-order chi connectivity index (χ0) is 20.0. The molecule has 158 valence electrons. The van der Waals surface area contributed by atoms with Crippen molar-refractivity contribution in [1.29, 1.82) is 0 Å². The Balaban J connectivity index is 1.44. The van der Waals surface area contributed by atoms with Crippen molar-refractivity contribution in [2.24, 2.45) is 11.8 Å². The first-order chi connectivity index (χ1) is 13.5. The number of ether oxygens (including phenoxy) is 1. The molecule has 1 saturated carbocycles.